The lowest BCUT2D eigenvalue weighted by Crippen LogP contribution is -2.21. The van der Waals surface area contributed by atoms with Crippen molar-refractivity contribution in [3.63, 3.8) is 0 Å². The van der Waals surface area contributed by atoms with E-state index in [0.29, 0.717) is 16.9 Å². The molecule has 0 spiro atoms. The smallest absolute Gasteiger partial charge is 0.337 e. The van der Waals surface area contributed by atoms with Gasteiger partial charge in [0, 0.05) is 0 Å². The Bertz CT molecular complexity index is 941. The van der Waals surface area contributed by atoms with Gasteiger partial charge in [-0.05, 0) is 30.5 Å². The van der Waals surface area contributed by atoms with E-state index in [1.165, 1.54) is 25.3 Å². The number of nitrogens with zero attached hydrogens (tertiary/aromatic N) is 1. The summed E-state index contributed by atoms with van der Waals surface area (Å²) in [4.78, 5) is 36.9. The molecule has 0 unspecified atom stereocenters. The van der Waals surface area contributed by atoms with Crippen molar-refractivity contribution < 1.29 is 14.3 Å². The summed E-state index contributed by atoms with van der Waals surface area (Å²) in [7, 11) is 1.34. The third-order valence-electron chi connectivity index (χ3n) is 5.44. The molecule has 1 aliphatic carbocycles. The van der Waals surface area contributed by atoms with Gasteiger partial charge in [-0.1, -0.05) is 31.4 Å². The molecule has 1 fully saturated rings. The van der Waals surface area contributed by atoms with Gasteiger partial charge < -0.3 is 10.1 Å². The van der Waals surface area contributed by atoms with E-state index >= 15 is 0 Å². The number of esters is 1. The van der Waals surface area contributed by atoms with Crippen LogP contribution in [0, 0.1) is 0 Å². The lowest BCUT2D eigenvalue weighted by Gasteiger charge is -2.24. The molecular formula is C20H23N3O4S. The topological polar surface area (TPSA) is 93.2 Å². The number of thioether (sulfide) groups is 1. The maximum atomic E-state index is 12.9. The van der Waals surface area contributed by atoms with Gasteiger partial charge in [-0.2, -0.15) is 0 Å². The Balaban J connectivity index is 1.75. The Hall–Kier alpha value is -2.48. The monoisotopic (exact) mass is 401 g/mol. The Morgan fingerprint density at radius 3 is 2.54 bits per heavy atom. The van der Waals surface area contributed by atoms with Gasteiger partial charge in [-0.3, -0.25) is 19.4 Å². The predicted octanol–water partition coefficient (Wildman–Crippen LogP) is 3.24. The lowest BCUT2D eigenvalue weighted by atomic mass is 9.95. The first kappa shape index (κ1) is 18.9. The average Bonchev–Trinajstić information content (AvgIpc) is 2.93. The van der Waals surface area contributed by atoms with Gasteiger partial charge in [0.15, 0.2) is 0 Å². The van der Waals surface area contributed by atoms with Crippen LogP contribution in [0.25, 0.3) is 0 Å². The molecule has 2 aromatic rings. The van der Waals surface area contributed by atoms with Gasteiger partial charge in [0.05, 0.1) is 35.3 Å². The van der Waals surface area contributed by atoms with Crippen molar-refractivity contribution in [1.82, 2.24) is 9.78 Å². The summed E-state index contributed by atoms with van der Waals surface area (Å²) in [5.41, 5.74) is 1.74. The quantitative estimate of drug-likeness (QED) is 0.770. The van der Waals surface area contributed by atoms with E-state index in [9.17, 15) is 14.4 Å². The molecule has 0 bridgehead atoms. The fraction of sp³-hybridized carbons (Fsp3) is 0.450. The van der Waals surface area contributed by atoms with Crippen molar-refractivity contribution in [2.45, 2.75) is 43.4 Å². The van der Waals surface area contributed by atoms with Crippen molar-refractivity contribution >= 4 is 29.5 Å². The number of aromatic amines is 1. The van der Waals surface area contributed by atoms with E-state index in [2.05, 4.69) is 10.4 Å². The Morgan fingerprint density at radius 1 is 1.14 bits per heavy atom. The summed E-state index contributed by atoms with van der Waals surface area (Å²) in [6.07, 6.45) is 5.46. The minimum Gasteiger partial charge on any atom is -0.465 e. The van der Waals surface area contributed by atoms with Crippen molar-refractivity contribution in [1.29, 1.82) is 0 Å². The minimum atomic E-state index is -0.404. The molecular weight excluding hydrogens is 378 g/mol. The third kappa shape index (κ3) is 3.48. The normalized spacial score (nSPS) is 20.2. The molecule has 0 radical (unpaired) electrons. The first-order valence-corrected chi connectivity index (χ1v) is 10.6. The average molecular weight is 401 g/mol. The van der Waals surface area contributed by atoms with E-state index in [1.54, 1.807) is 12.1 Å². The number of H-pyrrole nitrogens is 1. The zero-order valence-electron chi connectivity index (χ0n) is 15.7. The van der Waals surface area contributed by atoms with Crippen LogP contribution in [0.15, 0.2) is 29.1 Å². The molecule has 2 heterocycles. The first-order valence-electron chi connectivity index (χ1n) is 9.52. The second-order valence-corrected chi connectivity index (χ2v) is 8.31. The molecule has 1 aromatic carbocycles. The summed E-state index contributed by atoms with van der Waals surface area (Å²) < 4.78 is 6.62. The number of fused-ring (bicyclic) bond motifs is 1. The number of amides is 1. The van der Waals surface area contributed by atoms with Crippen molar-refractivity contribution in [3.8, 4) is 0 Å². The number of carbonyl (C=O) groups excluding carboxylic acids is 2. The zero-order chi connectivity index (χ0) is 19.7. The molecule has 1 amide bonds. The second kappa shape index (κ2) is 7.87. The first-order chi connectivity index (χ1) is 13.6. The molecule has 1 atom stereocenters. The molecule has 1 aliphatic heterocycles. The van der Waals surface area contributed by atoms with Gasteiger partial charge in [-0.25, -0.2) is 4.79 Å². The van der Waals surface area contributed by atoms with Gasteiger partial charge in [-0.15, -0.1) is 11.8 Å². The van der Waals surface area contributed by atoms with E-state index in [0.717, 1.165) is 31.2 Å². The van der Waals surface area contributed by atoms with Gasteiger partial charge >= 0.3 is 5.97 Å². The van der Waals surface area contributed by atoms with Crippen molar-refractivity contribution in [2.24, 2.45) is 0 Å². The number of hydrogen-bond acceptors (Lipinski definition) is 5. The second-order valence-electron chi connectivity index (χ2n) is 7.22. The summed E-state index contributed by atoms with van der Waals surface area (Å²) in [6.45, 7) is 0. The minimum absolute atomic E-state index is 0.108. The summed E-state index contributed by atoms with van der Waals surface area (Å²) in [6, 6.07) is 7.22. The van der Waals surface area contributed by atoms with E-state index < -0.39 is 5.97 Å². The van der Waals surface area contributed by atoms with Crippen LogP contribution in [0.2, 0.25) is 0 Å². The number of benzene rings is 1. The molecule has 28 heavy (non-hydrogen) atoms. The highest BCUT2D eigenvalue weighted by molar-refractivity contribution is 8.00. The number of hydrogen-bond donors (Lipinski definition) is 2. The largest absolute Gasteiger partial charge is 0.465 e. The van der Waals surface area contributed by atoms with Gasteiger partial charge in [0.1, 0.15) is 5.82 Å². The standard InChI is InChI=1S/C20H23N3O4S/c1-27-20(26)13-9-7-12(8-10-13)17-16-18(21-15(24)11-28-17)23(22-19(16)25)14-5-3-2-4-6-14/h7-10,14,17H,2-6,11H2,1H3,(H,21,24)(H,22,25)/t17-/m1/s1. The molecule has 1 aromatic heterocycles. The maximum Gasteiger partial charge on any atom is 0.337 e. The van der Waals surface area contributed by atoms with E-state index in [4.69, 9.17) is 4.74 Å². The molecule has 0 saturated heterocycles. The highest BCUT2D eigenvalue weighted by Gasteiger charge is 2.32. The summed E-state index contributed by atoms with van der Waals surface area (Å²) in [5, 5.41) is 5.63. The number of rotatable bonds is 3. The molecule has 148 valence electrons. The Kier molecular flexibility index (Phi) is 5.30. The lowest BCUT2D eigenvalue weighted by molar-refractivity contribution is -0.113. The number of ether oxygens (including phenoxy) is 1. The van der Waals surface area contributed by atoms with Crippen LogP contribution in [0.1, 0.15) is 64.9 Å². The number of aromatic nitrogens is 2. The maximum absolute atomic E-state index is 12.9. The van der Waals surface area contributed by atoms with Gasteiger partial charge in [0.2, 0.25) is 5.91 Å². The molecule has 2 aliphatic rings. The Morgan fingerprint density at radius 2 is 1.86 bits per heavy atom. The van der Waals surface area contributed by atoms with Crippen LogP contribution >= 0.6 is 11.8 Å². The fourth-order valence-corrected chi connectivity index (χ4v) is 5.16. The van der Waals surface area contributed by atoms with Crippen LogP contribution in [-0.4, -0.2) is 34.5 Å². The third-order valence-corrected chi connectivity index (χ3v) is 6.71. The van der Waals surface area contributed by atoms with Gasteiger partial charge in [0.25, 0.3) is 5.56 Å². The van der Waals surface area contributed by atoms with Crippen LogP contribution in [0.4, 0.5) is 5.82 Å². The predicted molar refractivity (Wildman–Crippen MR) is 108 cm³/mol. The molecule has 8 heteroatoms. The molecule has 4 rings (SSSR count). The fourth-order valence-electron chi connectivity index (χ4n) is 4.03. The van der Waals surface area contributed by atoms with Crippen molar-refractivity contribution in [3.05, 3.63) is 51.3 Å². The molecule has 2 N–H and O–H groups in total. The summed E-state index contributed by atoms with van der Waals surface area (Å²) in [5.74, 6) is 0.346. The van der Waals surface area contributed by atoms with Crippen LogP contribution < -0.4 is 10.9 Å². The number of carbonyl (C=O) groups is 2. The number of methoxy groups -OCH3 is 1. The van der Waals surface area contributed by atoms with Crippen LogP contribution in [0.3, 0.4) is 0 Å². The zero-order valence-corrected chi connectivity index (χ0v) is 16.5. The van der Waals surface area contributed by atoms with Crippen molar-refractivity contribution in [2.75, 3.05) is 18.2 Å². The highest BCUT2D eigenvalue weighted by Crippen LogP contribution is 2.41. The van der Waals surface area contributed by atoms with E-state index in [-0.39, 0.29) is 28.5 Å². The Labute approximate surface area is 166 Å². The van der Waals surface area contributed by atoms with E-state index in [1.807, 2.05) is 16.8 Å². The molecule has 1 saturated carbocycles. The summed E-state index contributed by atoms with van der Waals surface area (Å²) >= 11 is 1.42. The SMILES string of the molecule is COC(=O)c1ccc([C@H]2SCC(=O)Nc3c2c(=O)[nH]n3C2CCCCC2)cc1. The number of anilines is 1. The van der Waals surface area contributed by atoms with Crippen LogP contribution in [-0.2, 0) is 9.53 Å². The highest BCUT2D eigenvalue weighted by atomic mass is 32.2. The van der Waals surface area contributed by atoms with Crippen LogP contribution in [0.5, 0.6) is 0 Å². The number of nitrogens with one attached hydrogen (secondary N) is 2. The molecule has 7 nitrogen and oxygen atoms in total.